The summed E-state index contributed by atoms with van der Waals surface area (Å²) in [5, 5.41) is 0. The molecular formula is C44H77NO9P+. The maximum Gasteiger partial charge on any atom is 0.472 e. The zero-order valence-electron chi connectivity index (χ0n) is 35.1. The molecule has 1 heterocycles. The Morgan fingerprint density at radius 1 is 0.673 bits per heavy atom. The Kier molecular flexibility index (Phi) is 30.2. The number of hydrogen-bond acceptors (Lipinski definition) is 8. The Labute approximate surface area is 334 Å². The zero-order chi connectivity index (χ0) is 40.5. The SMILES string of the molecule is CC/C=C\C/C=C\C/C=C\CC1OC1C/C=C\CCCC(=O)OC(COC(=O)CCCCCCC/C=C\CCCCCC)COP(=O)(O)OCC[N+](C)(C)C. The van der Waals surface area contributed by atoms with Crippen molar-refractivity contribution in [3.8, 4) is 0 Å². The Morgan fingerprint density at radius 3 is 1.87 bits per heavy atom. The molecule has 1 saturated heterocycles. The highest BCUT2D eigenvalue weighted by Crippen LogP contribution is 2.43. The van der Waals surface area contributed by atoms with E-state index in [1.54, 1.807) is 0 Å². The van der Waals surface area contributed by atoms with Gasteiger partial charge in [-0.25, -0.2) is 4.57 Å². The fraction of sp³-hybridized carbons (Fsp3) is 0.727. The monoisotopic (exact) mass is 795 g/mol. The molecule has 0 bridgehead atoms. The van der Waals surface area contributed by atoms with Crippen LogP contribution >= 0.6 is 7.82 Å². The van der Waals surface area contributed by atoms with E-state index in [0.29, 0.717) is 30.3 Å². The molecule has 1 fully saturated rings. The molecule has 4 atom stereocenters. The normalized spacial score (nSPS) is 17.9. The molecule has 55 heavy (non-hydrogen) atoms. The van der Waals surface area contributed by atoms with E-state index in [1.807, 2.05) is 27.2 Å². The summed E-state index contributed by atoms with van der Waals surface area (Å²) >= 11 is 0. The molecule has 1 N–H and O–H groups in total. The third-order valence-electron chi connectivity index (χ3n) is 8.93. The maximum absolute atomic E-state index is 12.7. The minimum Gasteiger partial charge on any atom is -0.462 e. The van der Waals surface area contributed by atoms with Crippen LogP contribution in [0.15, 0.2) is 60.8 Å². The van der Waals surface area contributed by atoms with Crippen LogP contribution in [-0.4, -0.2) is 87.1 Å². The van der Waals surface area contributed by atoms with E-state index in [2.05, 4.69) is 68.5 Å². The molecule has 10 nitrogen and oxygen atoms in total. The summed E-state index contributed by atoms with van der Waals surface area (Å²) in [5.74, 6) is -0.891. The van der Waals surface area contributed by atoms with Crippen molar-refractivity contribution < 1.29 is 46.8 Å². The van der Waals surface area contributed by atoms with Gasteiger partial charge in [-0.3, -0.25) is 18.6 Å². The Morgan fingerprint density at radius 2 is 1.22 bits per heavy atom. The Hall–Kier alpha value is -2.33. The number of unbranched alkanes of at least 4 members (excludes halogenated alkanes) is 10. The first-order valence-corrected chi connectivity index (χ1v) is 22.6. The van der Waals surface area contributed by atoms with Gasteiger partial charge in [-0.1, -0.05) is 113 Å². The number of epoxide rings is 1. The molecule has 0 saturated carbocycles. The van der Waals surface area contributed by atoms with Gasteiger partial charge in [0.1, 0.15) is 19.8 Å². The lowest BCUT2D eigenvalue weighted by molar-refractivity contribution is -0.870. The van der Waals surface area contributed by atoms with Crippen LogP contribution < -0.4 is 0 Å². The van der Waals surface area contributed by atoms with Crippen molar-refractivity contribution in [3.63, 3.8) is 0 Å². The first-order valence-electron chi connectivity index (χ1n) is 21.1. The summed E-state index contributed by atoms with van der Waals surface area (Å²) in [6, 6.07) is 0. The molecular weight excluding hydrogens is 717 g/mol. The number of likely N-dealkylation sites (N-methyl/N-ethyl adjacent to an activating group) is 1. The molecule has 0 spiro atoms. The molecule has 1 aliphatic rings. The van der Waals surface area contributed by atoms with Crippen molar-refractivity contribution in [3.05, 3.63) is 60.8 Å². The standard InChI is InChI=1S/C44H76NO9P/c1-6-8-10-12-14-16-17-18-19-21-23-25-30-34-43(46)50-38-40(39-52-55(48,49)51-37-36-45(3,4)5)53-44(47)35-31-27-26-29-33-42-41(54-42)32-28-24-22-20-15-13-11-9-7-2/h9,11,15-17,20,24,26,28-29,40-42H,6-8,10,12-14,18-19,21-23,25,27,30-39H2,1-5H3/p+1/b11-9-,17-16-,20-15-,28-24-,29-26-. The first kappa shape index (κ1) is 50.7. The number of carbonyl (C=O) groups is 2. The van der Waals surface area contributed by atoms with Crippen LogP contribution in [0.2, 0.25) is 0 Å². The molecule has 0 aliphatic carbocycles. The highest BCUT2D eigenvalue weighted by molar-refractivity contribution is 7.47. The number of quaternary nitrogens is 1. The number of carbonyl (C=O) groups excluding carboxylic acids is 2. The van der Waals surface area contributed by atoms with Crippen molar-refractivity contribution in [2.75, 3.05) is 47.5 Å². The van der Waals surface area contributed by atoms with E-state index in [4.69, 9.17) is 23.3 Å². The number of hydrogen-bond donors (Lipinski definition) is 1. The lowest BCUT2D eigenvalue weighted by atomic mass is 10.1. The predicted octanol–water partition coefficient (Wildman–Crippen LogP) is 10.7. The number of phosphoric acid groups is 1. The fourth-order valence-electron chi connectivity index (χ4n) is 5.50. The third-order valence-corrected chi connectivity index (χ3v) is 9.92. The van der Waals surface area contributed by atoms with Gasteiger partial charge in [-0.15, -0.1) is 0 Å². The van der Waals surface area contributed by atoms with Gasteiger partial charge >= 0.3 is 19.8 Å². The number of ether oxygens (including phenoxy) is 3. The molecule has 0 radical (unpaired) electrons. The lowest BCUT2D eigenvalue weighted by Crippen LogP contribution is -2.37. The van der Waals surface area contributed by atoms with Gasteiger partial charge in [0, 0.05) is 12.8 Å². The number of esters is 2. The lowest BCUT2D eigenvalue weighted by Gasteiger charge is -2.24. The Balaban J connectivity index is 2.37. The topological polar surface area (TPSA) is 121 Å². The molecule has 0 aromatic carbocycles. The molecule has 11 heteroatoms. The van der Waals surface area contributed by atoms with Gasteiger partial charge < -0.3 is 23.6 Å². The maximum atomic E-state index is 12.7. The number of allylic oxidation sites excluding steroid dienone is 8. The summed E-state index contributed by atoms with van der Waals surface area (Å²) in [6.07, 6.45) is 40.1. The van der Waals surface area contributed by atoms with Crippen LogP contribution in [0.1, 0.15) is 142 Å². The van der Waals surface area contributed by atoms with Gasteiger partial charge in [0.15, 0.2) is 6.10 Å². The van der Waals surface area contributed by atoms with Gasteiger partial charge in [0.2, 0.25) is 0 Å². The van der Waals surface area contributed by atoms with Crippen molar-refractivity contribution in [2.45, 2.75) is 161 Å². The van der Waals surface area contributed by atoms with E-state index in [1.165, 1.54) is 32.1 Å². The second kappa shape index (κ2) is 32.7. The quantitative estimate of drug-likeness (QED) is 0.0165. The average molecular weight is 795 g/mol. The predicted molar refractivity (Wildman–Crippen MR) is 224 cm³/mol. The molecule has 4 unspecified atom stereocenters. The molecule has 0 amide bonds. The van der Waals surface area contributed by atoms with Crippen molar-refractivity contribution in [2.24, 2.45) is 0 Å². The number of rotatable bonds is 36. The van der Waals surface area contributed by atoms with Crippen molar-refractivity contribution >= 4 is 19.8 Å². The summed E-state index contributed by atoms with van der Waals surface area (Å²) in [4.78, 5) is 35.3. The van der Waals surface area contributed by atoms with Crippen LogP contribution in [0.5, 0.6) is 0 Å². The van der Waals surface area contributed by atoms with Gasteiger partial charge in [0.25, 0.3) is 0 Å². The second-order valence-corrected chi connectivity index (χ2v) is 16.8. The average Bonchev–Trinajstić information content (AvgIpc) is 3.89. The molecule has 316 valence electrons. The summed E-state index contributed by atoms with van der Waals surface area (Å²) in [6.45, 7) is 4.17. The molecule has 0 aromatic heterocycles. The molecule has 1 rings (SSSR count). The van der Waals surface area contributed by atoms with Crippen LogP contribution in [0.4, 0.5) is 0 Å². The van der Waals surface area contributed by atoms with Crippen LogP contribution in [0.3, 0.4) is 0 Å². The first-order chi connectivity index (χ1) is 26.5. The third kappa shape index (κ3) is 33.5. The zero-order valence-corrected chi connectivity index (χ0v) is 36.0. The summed E-state index contributed by atoms with van der Waals surface area (Å²) < 4.78 is 40.0. The Bertz CT molecular complexity index is 1190. The van der Waals surface area contributed by atoms with Crippen LogP contribution in [-0.2, 0) is 37.4 Å². The number of phosphoric ester groups is 1. The second-order valence-electron chi connectivity index (χ2n) is 15.4. The van der Waals surface area contributed by atoms with Gasteiger partial charge in [-0.2, -0.15) is 0 Å². The summed E-state index contributed by atoms with van der Waals surface area (Å²) in [7, 11) is 1.42. The minimum atomic E-state index is -4.40. The van der Waals surface area contributed by atoms with Crippen molar-refractivity contribution in [1.29, 1.82) is 0 Å². The highest BCUT2D eigenvalue weighted by atomic mass is 31.2. The van der Waals surface area contributed by atoms with Crippen LogP contribution in [0, 0.1) is 0 Å². The number of nitrogens with zero attached hydrogens (tertiary/aromatic N) is 1. The fourth-order valence-corrected chi connectivity index (χ4v) is 6.24. The van der Waals surface area contributed by atoms with Gasteiger partial charge in [0.05, 0.1) is 40.0 Å². The van der Waals surface area contributed by atoms with Crippen molar-refractivity contribution in [1.82, 2.24) is 0 Å². The highest BCUT2D eigenvalue weighted by Gasteiger charge is 2.36. The van der Waals surface area contributed by atoms with E-state index in [-0.39, 0.29) is 38.3 Å². The smallest absolute Gasteiger partial charge is 0.462 e. The molecule has 0 aromatic rings. The van der Waals surface area contributed by atoms with E-state index in [9.17, 15) is 19.0 Å². The molecule has 1 aliphatic heterocycles. The summed E-state index contributed by atoms with van der Waals surface area (Å²) in [5.41, 5.74) is 0. The largest absolute Gasteiger partial charge is 0.472 e. The van der Waals surface area contributed by atoms with E-state index >= 15 is 0 Å². The van der Waals surface area contributed by atoms with E-state index in [0.717, 1.165) is 64.2 Å². The van der Waals surface area contributed by atoms with Gasteiger partial charge in [-0.05, 0) is 77.0 Å². The van der Waals surface area contributed by atoms with Crippen LogP contribution in [0.25, 0.3) is 0 Å². The van der Waals surface area contributed by atoms with E-state index < -0.39 is 32.5 Å². The minimum absolute atomic E-state index is 0.0140.